The van der Waals surface area contributed by atoms with Crippen molar-refractivity contribution in [3.8, 4) is 22.5 Å². The maximum atomic E-state index is 12.6. The highest BCUT2D eigenvalue weighted by Gasteiger charge is 2.23. The third-order valence-electron chi connectivity index (χ3n) is 5.43. The number of rotatable bonds is 8. The fourth-order valence-corrected chi connectivity index (χ4v) is 3.54. The van der Waals surface area contributed by atoms with Gasteiger partial charge < -0.3 is 10.6 Å². The van der Waals surface area contributed by atoms with Crippen LogP contribution in [0.3, 0.4) is 0 Å². The molecule has 1 fully saturated rings. The number of carbonyl (C=O) groups excluding carboxylic acids is 1. The first-order valence-corrected chi connectivity index (χ1v) is 10.7. The monoisotopic (exact) mass is 430 g/mol. The van der Waals surface area contributed by atoms with Crippen LogP contribution in [0.25, 0.3) is 28.2 Å². The van der Waals surface area contributed by atoms with Crippen molar-refractivity contribution in [1.29, 1.82) is 0 Å². The molecule has 1 amide bonds. The molecule has 1 aliphatic rings. The van der Waals surface area contributed by atoms with Crippen molar-refractivity contribution in [2.75, 3.05) is 18.5 Å². The normalized spacial score (nSPS) is 13.3. The molecule has 0 bridgehead atoms. The molecule has 0 spiro atoms. The number of halogens is 1. The van der Waals surface area contributed by atoms with Crippen molar-refractivity contribution < 1.29 is 9.18 Å². The number of fused-ring (bicyclic) bond motifs is 1. The van der Waals surface area contributed by atoms with E-state index < -0.39 is 6.67 Å². The van der Waals surface area contributed by atoms with E-state index in [0.29, 0.717) is 36.0 Å². The first-order chi connectivity index (χ1) is 15.7. The highest BCUT2D eigenvalue weighted by Crippen LogP contribution is 2.28. The number of nitrogens with one attached hydrogen (secondary N) is 2. The molecule has 2 N–H and O–H groups in total. The Bertz CT molecular complexity index is 1230. The van der Waals surface area contributed by atoms with Gasteiger partial charge in [-0.3, -0.25) is 18.6 Å². The number of amides is 1. The van der Waals surface area contributed by atoms with Crippen LogP contribution >= 0.6 is 0 Å². The van der Waals surface area contributed by atoms with Crippen molar-refractivity contribution >= 4 is 17.4 Å². The number of anilines is 1. The van der Waals surface area contributed by atoms with E-state index in [1.54, 1.807) is 18.6 Å². The zero-order valence-corrected chi connectivity index (χ0v) is 17.5. The number of hydrogen-bond donors (Lipinski definition) is 2. The predicted octanol–water partition coefficient (Wildman–Crippen LogP) is 4.12. The molecule has 4 aromatic rings. The zero-order valence-electron chi connectivity index (χ0n) is 17.5. The molecule has 32 heavy (non-hydrogen) atoms. The van der Waals surface area contributed by atoms with E-state index in [4.69, 9.17) is 4.98 Å². The second-order valence-corrected chi connectivity index (χ2v) is 7.84. The van der Waals surface area contributed by atoms with Crippen LogP contribution in [0.2, 0.25) is 0 Å². The van der Waals surface area contributed by atoms with Gasteiger partial charge in [0.25, 0.3) is 5.91 Å². The van der Waals surface area contributed by atoms with Crippen LogP contribution in [-0.4, -0.2) is 44.5 Å². The largest absolute Gasteiger partial charge is 0.367 e. The second-order valence-electron chi connectivity index (χ2n) is 7.84. The SMILES string of the molecule is O=C(NC1CC1)c1ccc(-c2cnc3c(NCCCF)nc(-c4ccncc4)cn23)cc1. The Labute approximate surface area is 184 Å². The van der Waals surface area contributed by atoms with E-state index >= 15 is 0 Å². The number of carbonyl (C=O) groups is 1. The van der Waals surface area contributed by atoms with Gasteiger partial charge in [-0.25, -0.2) is 9.97 Å². The molecule has 3 aromatic heterocycles. The van der Waals surface area contributed by atoms with Gasteiger partial charge in [0.2, 0.25) is 0 Å². The lowest BCUT2D eigenvalue weighted by atomic mass is 10.1. The van der Waals surface area contributed by atoms with Gasteiger partial charge in [0, 0.05) is 47.9 Å². The Kier molecular flexibility index (Phi) is 5.49. The molecule has 5 rings (SSSR count). The van der Waals surface area contributed by atoms with Gasteiger partial charge in [0.15, 0.2) is 11.5 Å². The lowest BCUT2D eigenvalue weighted by Gasteiger charge is -2.11. The van der Waals surface area contributed by atoms with E-state index in [2.05, 4.69) is 20.6 Å². The Morgan fingerprint density at radius 1 is 1.09 bits per heavy atom. The van der Waals surface area contributed by atoms with Gasteiger partial charge in [0.05, 0.1) is 24.3 Å². The molecule has 1 aromatic carbocycles. The van der Waals surface area contributed by atoms with Gasteiger partial charge in [0.1, 0.15) is 0 Å². The van der Waals surface area contributed by atoms with Crippen LogP contribution in [-0.2, 0) is 0 Å². The van der Waals surface area contributed by atoms with E-state index in [0.717, 1.165) is 35.4 Å². The first kappa shape index (κ1) is 20.1. The molecule has 3 heterocycles. The fraction of sp³-hybridized carbons (Fsp3) is 0.250. The molecule has 8 heteroatoms. The van der Waals surface area contributed by atoms with Crippen molar-refractivity contribution in [1.82, 2.24) is 24.7 Å². The summed E-state index contributed by atoms with van der Waals surface area (Å²) in [7, 11) is 0. The molecule has 1 saturated carbocycles. The van der Waals surface area contributed by atoms with Crippen LogP contribution < -0.4 is 10.6 Å². The fourth-order valence-electron chi connectivity index (χ4n) is 3.54. The number of imidazole rings is 1. The van der Waals surface area contributed by atoms with Crippen LogP contribution in [0.4, 0.5) is 10.2 Å². The molecule has 0 atom stereocenters. The Morgan fingerprint density at radius 3 is 2.59 bits per heavy atom. The second kappa shape index (κ2) is 8.74. The summed E-state index contributed by atoms with van der Waals surface area (Å²) >= 11 is 0. The predicted molar refractivity (Wildman–Crippen MR) is 121 cm³/mol. The average Bonchev–Trinajstić information content (AvgIpc) is 3.54. The highest BCUT2D eigenvalue weighted by atomic mass is 19.1. The van der Waals surface area contributed by atoms with Gasteiger partial charge in [-0.2, -0.15) is 0 Å². The highest BCUT2D eigenvalue weighted by molar-refractivity contribution is 5.95. The summed E-state index contributed by atoms with van der Waals surface area (Å²) in [6.45, 7) is 0.0691. The topological polar surface area (TPSA) is 84.2 Å². The first-order valence-electron chi connectivity index (χ1n) is 10.7. The molecule has 0 radical (unpaired) electrons. The van der Waals surface area contributed by atoms with Gasteiger partial charge in [-0.15, -0.1) is 0 Å². The van der Waals surface area contributed by atoms with E-state index in [1.165, 1.54) is 0 Å². The van der Waals surface area contributed by atoms with E-state index in [9.17, 15) is 9.18 Å². The molecular weight excluding hydrogens is 407 g/mol. The lowest BCUT2D eigenvalue weighted by molar-refractivity contribution is 0.0951. The van der Waals surface area contributed by atoms with Gasteiger partial charge in [-0.1, -0.05) is 12.1 Å². The maximum absolute atomic E-state index is 12.6. The summed E-state index contributed by atoms with van der Waals surface area (Å²) in [5.41, 5.74) is 4.78. The van der Waals surface area contributed by atoms with Crippen LogP contribution in [0.15, 0.2) is 61.2 Å². The third kappa shape index (κ3) is 4.16. The summed E-state index contributed by atoms with van der Waals surface area (Å²) in [4.78, 5) is 25.7. The smallest absolute Gasteiger partial charge is 0.251 e. The molecular formula is C24H23FN6O. The van der Waals surface area contributed by atoms with E-state index in [1.807, 2.05) is 47.0 Å². The summed E-state index contributed by atoms with van der Waals surface area (Å²) in [6, 6.07) is 11.6. The van der Waals surface area contributed by atoms with Crippen molar-refractivity contribution in [2.45, 2.75) is 25.3 Å². The molecule has 0 aliphatic heterocycles. The Hall–Kier alpha value is -3.81. The van der Waals surface area contributed by atoms with Crippen molar-refractivity contribution in [2.24, 2.45) is 0 Å². The minimum absolute atomic E-state index is 0.0410. The standard InChI is InChI=1S/C24H23FN6O/c25-10-1-11-27-22-23-28-14-21(31(23)15-20(30-22)16-8-12-26-13-9-16)17-2-4-18(5-3-17)24(32)29-19-6-7-19/h2-5,8-9,12-15,19H,1,6-7,10-11H2,(H,27,30)(H,29,32). The van der Waals surface area contributed by atoms with Crippen molar-refractivity contribution in [3.05, 3.63) is 66.7 Å². The maximum Gasteiger partial charge on any atom is 0.251 e. The molecule has 1 aliphatic carbocycles. The summed E-state index contributed by atoms with van der Waals surface area (Å²) in [5, 5.41) is 6.22. The number of aromatic nitrogens is 4. The average molecular weight is 430 g/mol. The van der Waals surface area contributed by atoms with Crippen LogP contribution in [0.5, 0.6) is 0 Å². The molecule has 0 saturated heterocycles. The zero-order chi connectivity index (χ0) is 21.9. The van der Waals surface area contributed by atoms with Gasteiger partial charge >= 0.3 is 0 Å². The summed E-state index contributed by atoms with van der Waals surface area (Å²) in [5.74, 6) is 0.556. The van der Waals surface area contributed by atoms with Crippen molar-refractivity contribution in [3.63, 3.8) is 0 Å². The molecule has 162 valence electrons. The summed E-state index contributed by atoms with van der Waals surface area (Å²) in [6.07, 6.45) is 9.66. The van der Waals surface area contributed by atoms with Crippen LogP contribution in [0.1, 0.15) is 29.6 Å². The Balaban J connectivity index is 1.53. The van der Waals surface area contributed by atoms with E-state index in [-0.39, 0.29) is 5.91 Å². The number of hydrogen-bond acceptors (Lipinski definition) is 5. The number of nitrogens with zero attached hydrogens (tertiary/aromatic N) is 4. The van der Waals surface area contributed by atoms with Gasteiger partial charge in [-0.05, 0) is 43.5 Å². The van der Waals surface area contributed by atoms with Crippen LogP contribution in [0, 0.1) is 0 Å². The minimum atomic E-state index is -0.395. The number of benzene rings is 1. The summed E-state index contributed by atoms with van der Waals surface area (Å²) < 4.78 is 14.6. The quantitative estimate of drug-likeness (QED) is 0.411. The number of pyridine rings is 1. The minimum Gasteiger partial charge on any atom is -0.367 e. The third-order valence-corrected chi connectivity index (χ3v) is 5.43. The number of alkyl halides is 1. The Morgan fingerprint density at radius 2 is 1.88 bits per heavy atom. The molecule has 7 nitrogen and oxygen atoms in total. The molecule has 0 unspecified atom stereocenters. The lowest BCUT2D eigenvalue weighted by Crippen LogP contribution is -2.25.